The van der Waals surface area contributed by atoms with Crippen molar-refractivity contribution in [1.29, 1.82) is 0 Å². The largest absolute Gasteiger partial charge is 0.490 e. The van der Waals surface area contributed by atoms with E-state index in [1.165, 1.54) is 18.2 Å². The van der Waals surface area contributed by atoms with Crippen molar-refractivity contribution >= 4 is 0 Å². The van der Waals surface area contributed by atoms with Crippen molar-refractivity contribution in [3.8, 4) is 17.6 Å². The van der Waals surface area contributed by atoms with Gasteiger partial charge in [-0.2, -0.15) is 0 Å². The number of benzene rings is 1. The van der Waals surface area contributed by atoms with E-state index in [-0.39, 0.29) is 12.4 Å². The predicted molar refractivity (Wildman–Crippen MR) is 67.0 cm³/mol. The Labute approximate surface area is 107 Å². The third-order valence-electron chi connectivity index (χ3n) is 2.08. The van der Waals surface area contributed by atoms with E-state index < -0.39 is 0 Å². The third kappa shape index (κ3) is 5.17. The SMILES string of the molecule is CCCOCCOc1cc(F)ccc1C#CCO. The van der Waals surface area contributed by atoms with Crippen LogP contribution in [0.3, 0.4) is 0 Å². The molecule has 0 atom stereocenters. The summed E-state index contributed by atoms with van der Waals surface area (Å²) in [6.07, 6.45) is 0.952. The van der Waals surface area contributed by atoms with E-state index in [0.29, 0.717) is 31.1 Å². The van der Waals surface area contributed by atoms with Crippen molar-refractivity contribution in [1.82, 2.24) is 0 Å². The van der Waals surface area contributed by atoms with Gasteiger partial charge in [-0.3, -0.25) is 0 Å². The number of rotatable bonds is 6. The van der Waals surface area contributed by atoms with Crippen molar-refractivity contribution in [2.75, 3.05) is 26.4 Å². The lowest BCUT2D eigenvalue weighted by molar-refractivity contribution is 0.100. The molecule has 3 nitrogen and oxygen atoms in total. The molecular formula is C14H17FO3. The second-order valence-electron chi connectivity index (χ2n) is 3.56. The van der Waals surface area contributed by atoms with E-state index in [4.69, 9.17) is 14.6 Å². The molecule has 0 bridgehead atoms. The lowest BCUT2D eigenvalue weighted by Gasteiger charge is -2.08. The van der Waals surface area contributed by atoms with Crippen LogP contribution in [0.15, 0.2) is 18.2 Å². The molecule has 1 N–H and O–H groups in total. The van der Waals surface area contributed by atoms with Crippen molar-refractivity contribution in [3.05, 3.63) is 29.6 Å². The Hall–Kier alpha value is -1.57. The second-order valence-corrected chi connectivity index (χ2v) is 3.56. The van der Waals surface area contributed by atoms with E-state index in [1.54, 1.807) is 0 Å². The Balaban J connectivity index is 2.59. The zero-order valence-electron chi connectivity index (χ0n) is 10.4. The normalized spacial score (nSPS) is 9.72. The van der Waals surface area contributed by atoms with Crippen LogP contribution in [0, 0.1) is 17.7 Å². The molecule has 0 saturated carbocycles. The highest BCUT2D eigenvalue weighted by Gasteiger charge is 2.03. The van der Waals surface area contributed by atoms with Gasteiger partial charge in [-0.05, 0) is 18.6 Å². The maximum Gasteiger partial charge on any atom is 0.137 e. The van der Waals surface area contributed by atoms with Gasteiger partial charge in [0, 0.05) is 12.7 Å². The first kappa shape index (κ1) is 14.5. The molecule has 0 fully saturated rings. The highest BCUT2D eigenvalue weighted by atomic mass is 19.1. The fraction of sp³-hybridized carbons (Fsp3) is 0.429. The smallest absolute Gasteiger partial charge is 0.137 e. The van der Waals surface area contributed by atoms with Gasteiger partial charge in [0.25, 0.3) is 0 Å². The van der Waals surface area contributed by atoms with Gasteiger partial charge >= 0.3 is 0 Å². The summed E-state index contributed by atoms with van der Waals surface area (Å²) < 4.78 is 23.8. The first-order chi connectivity index (χ1) is 8.77. The molecule has 0 unspecified atom stereocenters. The Bertz CT molecular complexity index is 421. The molecule has 0 heterocycles. The summed E-state index contributed by atoms with van der Waals surface area (Å²) in [4.78, 5) is 0. The topological polar surface area (TPSA) is 38.7 Å². The highest BCUT2D eigenvalue weighted by Crippen LogP contribution is 2.18. The molecule has 0 saturated heterocycles. The van der Waals surface area contributed by atoms with E-state index in [1.807, 2.05) is 6.92 Å². The van der Waals surface area contributed by atoms with Crippen molar-refractivity contribution in [2.45, 2.75) is 13.3 Å². The Morgan fingerprint density at radius 1 is 1.28 bits per heavy atom. The summed E-state index contributed by atoms with van der Waals surface area (Å²) in [5, 5.41) is 8.64. The molecule has 18 heavy (non-hydrogen) atoms. The van der Waals surface area contributed by atoms with Gasteiger partial charge in [0.2, 0.25) is 0 Å². The molecule has 0 aliphatic carbocycles. The summed E-state index contributed by atoms with van der Waals surface area (Å²) in [5.41, 5.74) is 0.556. The lowest BCUT2D eigenvalue weighted by Crippen LogP contribution is -2.08. The van der Waals surface area contributed by atoms with Gasteiger partial charge < -0.3 is 14.6 Å². The molecule has 1 aromatic carbocycles. The minimum Gasteiger partial charge on any atom is -0.490 e. The monoisotopic (exact) mass is 252 g/mol. The Morgan fingerprint density at radius 3 is 2.83 bits per heavy atom. The van der Waals surface area contributed by atoms with Crippen LogP contribution in [0.4, 0.5) is 4.39 Å². The predicted octanol–water partition coefficient (Wildman–Crippen LogP) is 1.97. The molecule has 0 aliphatic rings. The minimum atomic E-state index is -0.381. The summed E-state index contributed by atoms with van der Waals surface area (Å²) in [5.74, 6) is 5.21. The van der Waals surface area contributed by atoms with Crippen LogP contribution >= 0.6 is 0 Å². The van der Waals surface area contributed by atoms with Crippen molar-refractivity contribution in [2.24, 2.45) is 0 Å². The number of halogens is 1. The lowest BCUT2D eigenvalue weighted by atomic mass is 10.2. The number of hydrogen-bond donors (Lipinski definition) is 1. The molecule has 1 rings (SSSR count). The second kappa shape index (κ2) is 8.51. The molecular weight excluding hydrogens is 235 g/mol. The standard InChI is InChI=1S/C14H17FO3/c1-2-8-17-9-10-18-14-11-13(15)6-5-12(14)4-3-7-16/h5-6,11,16H,2,7-10H2,1H3. The molecule has 0 amide bonds. The molecule has 0 aliphatic heterocycles. The first-order valence-corrected chi connectivity index (χ1v) is 5.87. The van der Waals surface area contributed by atoms with Crippen molar-refractivity contribution in [3.63, 3.8) is 0 Å². The van der Waals surface area contributed by atoms with Crippen molar-refractivity contribution < 1.29 is 19.0 Å². The molecule has 1 aromatic rings. The van der Waals surface area contributed by atoms with E-state index in [9.17, 15) is 4.39 Å². The average molecular weight is 252 g/mol. The van der Waals surface area contributed by atoms with Gasteiger partial charge in [0.15, 0.2) is 0 Å². The number of ether oxygens (including phenoxy) is 2. The average Bonchev–Trinajstić information content (AvgIpc) is 2.37. The first-order valence-electron chi connectivity index (χ1n) is 5.87. The van der Waals surface area contributed by atoms with Crippen LogP contribution < -0.4 is 4.74 Å². The van der Waals surface area contributed by atoms with Crippen LogP contribution in [0.25, 0.3) is 0 Å². The third-order valence-corrected chi connectivity index (χ3v) is 2.08. The van der Waals surface area contributed by atoms with Gasteiger partial charge in [0.05, 0.1) is 12.2 Å². The zero-order chi connectivity index (χ0) is 13.2. The number of hydrogen-bond acceptors (Lipinski definition) is 3. The number of aliphatic hydroxyl groups excluding tert-OH is 1. The molecule has 4 heteroatoms. The van der Waals surface area contributed by atoms with E-state index in [2.05, 4.69) is 11.8 Å². The van der Waals surface area contributed by atoms with Crippen LogP contribution in [0.2, 0.25) is 0 Å². The molecule has 0 spiro atoms. The fourth-order valence-electron chi connectivity index (χ4n) is 1.31. The maximum absolute atomic E-state index is 13.1. The van der Waals surface area contributed by atoms with E-state index in [0.717, 1.165) is 6.42 Å². The molecule has 98 valence electrons. The fourth-order valence-corrected chi connectivity index (χ4v) is 1.31. The summed E-state index contributed by atoms with van der Waals surface area (Å²) in [7, 11) is 0. The summed E-state index contributed by atoms with van der Waals surface area (Å²) in [6.45, 7) is 3.27. The Morgan fingerprint density at radius 2 is 2.11 bits per heavy atom. The van der Waals surface area contributed by atoms with Gasteiger partial charge in [0.1, 0.15) is 24.8 Å². The van der Waals surface area contributed by atoms with Crippen LogP contribution in [-0.2, 0) is 4.74 Å². The van der Waals surface area contributed by atoms with E-state index >= 15 is 0 Å². The van der Waals surface area contributed by atoms with Gasteiger partial charge in [-0.1, -0.05) is 18.8 Å². The molecule has 0 radical (unpaired) electrons. The van der Waals surface area contributed by atoms with Crippen LogP contribution in [0.1, 0.15) is 18.9 Å². The maximum atomic E-state index is 13.1. The highest BCUT2D eigenvalue weighted by molar-refractivity contribution is 5.46. The van der Waals surface area contributed by atoms with Crippen LogP contribution in [-0.4, -0.2) is 31.5 Å². The Kier molecular flexibility index (Phi) is 6.85. The number of aliphatic hydroxyl groups is 1. The van der Waals surface area contributed by atoms with Crippen LogP contribution in [0.5, 0.6) is 5.75 Å². The summed E-state index contributed by atoms with van der Waals surface area (Å²) >= 11 is 0. The van der Waals surface area contributed by atoms with Gasteiger partial charge in [-0.25, -0.2) is 4.39 Å². The zero-order valence-corrected chi connectivity index (χ0v) is 10.4. The molecule has 0 aromatic heterocycles. The van der Waals surface area contributed by atoms with Gasteiger partial charge in [-0.15, -0.1) is 0 Å². The summed E-state index contributed by atoms with van der Waals surface area (Å²) in [6, 6.07) is 4.11. The quantitative estimate of drug-likeness (QED) is 0.621. The minimum absolute atomic E-state index is 0.240.